The molecule has 0 saturated carbocycles. The van der Waals surface area contributed by atoms with Crippen LogP contribution in [-0.2, 0) is 0 Å². The van der Waals surface area contributed by atoms with Crippen LogP contribution in [-0.4, -0.2) is 74.3 Å². The quantitative estimate of drug-likeness (QED) is 0.844. The lowest BCUT2D eigenvalue weighted by Gasteiger charge is -2.38. The van der Waals surface area contributed by atoms with Crippen molar-refractivity contribution < 1.29 is 24.5 Å². The van der Waals surface area contributed by atoms with Crippen molar-refractivity contribution in [3.63, 3.8) is 0 Å². The highest BCUT2D eigenvalue weighted by Crippen LogP contribution is 2.17. The molecule has 138 valence electrons. The highest BCUT2D eigenvalue weighted by molar-refractivity contribution is 5.68. The molecule has 1 aromatic heterocycles. The molecule has 0 bridgehead atoms. The molecule has 26 heavy (non-hydrogen) atoms. The Balaban J connectivity index is 1.55. The van der Waals surface area contributed by atoms with E-state index in [0.717, 1.165) is 5.69 Å². The van der Waals surface area contributed by atoms with Crippen molar-refractivity contribution in [2.45, 2.75) is 12.5 Å². The van der Waals surface area contributed by atoms with Gasteiger partial charge in [-0.15, -0.1) is 0 Å². The van der Waals surface area contributed by atoms with Gasteiger partial charge in [-0.3, -0.25) is 0 Å². The van der Waals surface area contributed by atoms with Crippen LogP contribution in [0.5, 0.6) is 5.75 Å². The van der Waals surface area contributed by atoms with Crippen molar-refractivity contribution in [1.29, 1.82) is 0 Å². The van der Waals surface area contributed by atoms with Crippen molar-refractivity contribution in [3.05, 3.63) is 42.7 Å². The van der Waals surface area contributed by atoms with Gasteiger partial charge in [-0.2, -0.15) is 5.10 Å². The Bertz CT molecular complexity index is 747. The number of piperazine rings is 1. The molecule has 2 heterocycles. The lowest BCUT2D eigenvalue weighted by molar-refractivity contribution is 0.0562. The molecule has 1 fully saturated rings. The molecule has 0 radical (unpaired) electrons. The SMILES string of the molecule is O=C(O)N1CCN(C(=O)O)[C@H](CCOc2ccc(-n3cccn3)cc2)C1. The molecule has 2 aromatic rings. The fraction of sp³-hybridized carbons (Fsp3) is 0.353. The first-order valence-corrected chi connectivity index (χ1v) is 8.25. The third-order valence-corrected chi connectivity index (χ3v) is 4.32. The Kier molecular flexibility index (Phi) is 5.26. The van der Waals surface area contributed by atoms with Gasteiger partial charge < -0.3 is 24.7 Å². The highest BCUT2D eigenvalue weighted by atomic mass is 16.5. The second-order valence-corrected chi connectivity index (χ2v) is 5.94. The molecule has 0 unspecified atom stereocenters. The Morgan fingerprint density at radius 1 is 1.15 bits per heavy atom. The first-order valence-electron chi connectivity index (χ1n) is 8.25. The summed E-state index contributed by atoms with van der Waals surface area (Å²) in [6.45, 7) is 0.811. The van der Waals surface area contributed by atoms with E-state index in [4.69, 9.17) is 9.84 Å². The monoisotopic (exact) mass is 360 g/mol. The standard InChI is InChI=1S/C17H20N4O5/c22-16(23)19-9-10-20(17(24)25)14(12-19)6-11-26-15-4-2-13(3-5-15)21-8-1-7-18-21/h1-5,7-8,14H,6,9-12H2,(H,22,23)(H,24,25)/t14-/m1/s1. The second kappa shape index (κ2) is 7.77. The van der Waals surface area contributed by atoms with Crippen LogP contribution in [0.1, 0.15) is 6.42 Å². The van der Waals surface area contributed by atoms with Gasteiger partial charge in [0.2, 0.25) is 0 Å². The molecule has 9 heteroatoms. The number of hydrogen-bond acceptors (Lipinski definition) is 4. The number of rotatable bonds is 5. The van der Waals surface area contributed by atoms with Crippen LogP contribution in [0.2, 0.25) is 0 Å². The van der Waals surface area contributed by atoms with Gasteiger partial charge in [0, 0.05) is 38.4 Å². The normalized spacial score (nSPS) is 17.2. The smallest absolute Gasteiger partial charge is 0.407 e. The van der Waals surface area contributed by atoms with E-state index in [1.165, 1.54) is 9.80 Å². The van der Waals surface area contributed by atoms with Gasteiger partial charge in [0.1, 0.15) is 5.75 Å². The molecule has 3 rings (SSSR count). The summed E-state index contributed by atoms with van der Waals surface area (Å²) in [6.07, 6.45) is 1.88. The third kappa shape index (κ3) is 4.05. The fourth-order valence-electron chi connectivity index (χ4n) is 2.96. The summed E-state index contributed by atoms with van der Waals surface area (Å²) in [5.41, 5.74) is 0.906. The number of carbonyl (C=O) groups is 2. The molecule has 1 saturated heterocycles. The summed E-state index contributed by atoms with van der Waals surface area (Å²) in [4.78, 5) is 25.0. The molecule has 0 spiro atoms. The largest absolute Gasteiger partial charge is 0.494 e. The maximum atomic E-state index is 11.3. The number of ether oxygens (including phenoxy) is 1. The van der Waals surface area contributed by atoms with Gasteiger partial charge in [0.05, 0.1) is 18.3 Å². The van der Waals surface area contributed by atoms with Crippen LogP contribution in [0, 0.1) is 0 Å². The summed E-state index contributed by atoms with van der Waals surface area (Å²) in [7, 11) is 0. The van der Waals surface area contributed by atoms with Crippen molar-refractivity contribution in [2.75, 3.05) is 26.2 Å². The zero-order valence-corrected chi connectivity index (χ0v) is 14.1. The van der Waals surface area contributed by atoms with E-state index >= 15 is 0 Å². The van der Waals surface area contributed by atoms with Crippen molar-refractivity contribution in [2.24, 2.45) is 0 Å². The number of aromatic nitrogens is 2. The van der Waals surface area contributed by atoms with Gasteiger partial charge in [-0.05, 0) is 30.3 Å². The van der Waals surface area contributed by atoms with Crippen molar-refractivity contribution in [1.82, 2.24) is 19.6 Å². The first-order chi connectivity index (χ1) is 12.5. The summed E-state index contributed by atoms with van der Waals surface area (Å²) in [5, 5.41) is 22.5. The number of carboxylic acid groups (broad SMARTS) is 2. The minimum absolute atomic E-state index is 0.156. The molecule has 2 N–H and O–H groups in total. The van der Waals surface area contributed by atoms with Gasteiger partial charge in [0.15, 0.2) is 0 Å². The molecule has 1 atom stereocenters. The molecule has 1 aromatic carbocycles. The molecular weight excluding hydrogens is 340 g/mol. The van der Waals surface area contributed by atoms with Gasteiger partial charge in [-0.25, -0.2) is 14.3 Å². The Hall–Kier alpha value is -3.23. The van der Waals surface area contributed by atoms with E-state index in [1.54, 1.807) is 10.9 Å². The summed E-state index contributed by atoms with van der Waals surface area (Å²) in [6, 6.07) is 8.80. The van der Waals surface area contributed by atoms with E-state index in [0.29, 0.717) is 18.8 Å². The zero-order chi connectivity index (χ0) is 18.5. The zero-order valence-electron chi connectivity index (χ0n) is 14.1. The molecule has 1 aliphatic rings. The molecule has 9 nitrogen and oxygen atoms in total. The van der Waals surface area contributed by atoms with Gasteiger partial charge in [-0.1, -0.05) is 0 Å². The Morgan fingerprint density at radius 2 is 1.92 bits per heavy atom. The Labute approximate surface area is 150 Å². The van der Waals surface area contributed by atoms with E-state index in [1.807, 2.05) is 36.5 Å². The maximum Gasteiger partial charge on any atom is 0.407 e. The summed E-state index contributed by atoms with van der Waals surface area (Å²) >= 11 is 0. The lowest BCUT2D eigenvalue weighted by Crippen LogP contribution is -2.56. The number of nitrogens with zero attached hydrogens (tertiary/aromatic N) is 4. The lowest BCUT2D eigenvalue weighted by atomic mass is 10.1. The third-order valence-electron chi connectivity index (χ3n) is 4.32. The number of amides is 2. The first kappa shape index (κ1) is 17.6. The van der Waals surface area contributed by atoms with Crippen LogP contribution in [0.15, 0.2) is 42.7 Å². The van der Waals surface area contributed by atoms with Crippen molar-refractivity contribution >= 4 is 12.2 Å². The van der Waals surface area contributed by atoms with Crippen LogP contribution in [0.3, 0.4) is 0 Å². The average molecular weight is 360 g/mol. The maximum absolute atomic E-state index is 11.3. The Morgan fingerprint density at radius 3 is 2.54 bits per heavy atom. The summed E-state index contributed by atoms with van der Waals surface area (Å²) < 4.78 is 7.42. The highest BCUT2D eigenvalue weighted by Gasteiger charge is 2.32. The van der Waals surface area contributed by atoms with Crippen LogP contribution < -0.4 is 4.74 Å². The second-order valence-electron chi connectivity index (χ2n) is 5.94. The molecule has 1 aliphatic heterocycles. The predicted molar refractivity (Wildman–Crippen MR) is 91.8 cm³/mol. The summed E-state index contributed by atoms with van der Waals surface area (Å²) in [5.74, 6) is 0.661. The van der Waals surface area contributed by atoms with E-state index in [2.05, 4.69) is 5.10 Å². The van der Waals surface area contributed by atoms with E-state index < -0.39 is 18.2 Å². The number of benzene rings is 1. The van der Waals surface area contributed by atoms with E-state index in [9.17, 15) is 14.7 Å². The van der Waals surface area contributed by atoms with Crippen molar-refractivity contribution in [3.8, 4) is 11.4 Å². The van der Waals surface area contributed by atoms with Crippen LogP contribution in [0.25, 0.3) is 5.69 Å². The number of hydrogen-bond donors (Lipinski definition) is 2. The topological polar surface area (TPSA) is 108 Å². The minimum Gasteiger partial charge on any atom is -0.494 e. The van der Waals surface area contributed by atoms with E-state index in [-0.39, 0.29) is 19.6 Å². The minimum atomic E-state index is -1.04. The molecule has 0 aliphatic carbocycles. The average Bonchev–Trinajstić information content (AvgIpc) is 3.16. The predicted octanol–water partition coefficient (Wildman–Crippen LogP) is 1.98. The van der Waals surface area contributed by atoms with Gasteiger partial charge in [0.25, 0.3) is 0 Å². The molecule has 2 amide bonds. The van der Waals surface area contributed by atoms with Crippen LogP contribution in [0.4, 0.5) is 9.59 Å². The van der Waals surface area contributed by atoms with Gasteiger partial charge >= 0.3 is 12.2 Å². The molecular formula is C17H20N4O5. The van der Waals surface area contributed by atoms with Crippen LogP contribution >= 0.6 is 0 Å². The fourth-order valence-corrected chi connectivity index (χ4v) is 2.96.